The number of nitrogens with zero attached hydrogens (tertiary/aromatic N) is 1. The molecule has 2 N–H and O–H groups in total. The molecular formula is C31H51N3O4. The van der Waals surface area contributed by atoms with E-state index >= 15 is 0 Å². The van der Waals surface area contributed by atoms with Crippen molar-refractivity contribution in [2.24, 2.45) is 5.92 Å². The fourth-order valence-corrected chi connectivity index (χ4v) is 5.07. The molecule has 0 saturated heterocycles. The number of benzene rings is 1. The van der Waals surface area contributed by atoms with Crippen LogP contribution in [0.25, 0.3) is 0 Å². The maximum atomic E-state index is 14.3. The molecule has 2 unspecified atom stereocenters. The Labute approximate surface area is 230 Å². The van der Waals surface area contributed by atoms with Crippen LogP contribution in [0, 0.1) is 19.8 Å². The lowest BCUT2D eigenvalue weighted by Gasteiger charge is -2.37. The van der Waals surface area contributed by atoms with Crippen molar-refractivity contribution in [1.29, 1.82) is 0 Å². The van der Waals surface area contributed by atoms with Gasteiger partial charge in [0.25, 0.3) is 0 Å². The summed E-state index contributed by atoms with van der Waals surface area (Å²) in [7, 11) is 0. The normalized spacial score (nSPS) is 16.0. The summed E-state index contributed by atoms with van der Waals surface area (Å²) in [4.78, 5) is 42.7. The SMILES string of the molecule is CCCCCN(C(=O)C(NC(=O)OC(C)(C)C)C(C)C)C(C(=O)NC1CCCCC1)c1cccc(C)c1C. The lowest BCUT2D eigenvalue weighted by molar-refractivity contribution is -0.143. The molecule has 0 aromatic heterocycles. The van der Waals surface area contributed by atoms with Gasteiger partial charge in [0.05, 0.1) is 0 Å². The summed E-state index contributed by atoms with van der Waals surface area (Å²) in [5.41, 5.74) is 2.23. The summed E-state index contributed by atoms with van der Waals surface area (Å²) in [5, 5.41) is 6.10. The van der Waals surface area contributed by atoms with Crippen LogP contribution in [0.2, 0.25) is 0 Å². The summed E-state index contributed by atoms with van der Waals surface area (Å²) >= 11 is 0. The van der Waals surface area contributed by atoms with E-state index in [1.807, 2.05) is 45.9 Å². The molecule has 1 aliphatic rings. The van der Waals surface area contributed by atoms with Gasteiger partial charge in [-0.25, -0.2) is 4.79 Å². The maximum Gasteiger partial charge on any atom is 0.408 e. The van der Waals surface area contributed by atoms with Gasteiger partial charge in [-0.1, -0.05) is 71.1 Å². The molecule has 1 aliphatic carbocycles. The molecule has 0 aliphatic heterocycles. The number of alkyl carbamates (subject to hydrolysis) is 1. The van der Waals surface area contributed by atoms with Gasteiger partial charge in [-0.15, -0.1) is 0 Å². The Morgan fingerprint density at radius 3 is 2.29 bits per heavy atom. The van der Waals surface area contributed by atoms with E-state index in [0.29, 0.717) is 6.54 Å². The largest absolute Gasteiger partial charge is 0.444 e. The van der Waals surface area contributed by atoms with Gasteiger partial charge in [-0.05, 0) is 76.5 Å². The maximum absolute atomic E-state index is 14.3. The molecule has 214 valence electrons. The monoisotopic (exact) mass is 529 g/mol. The van der Waals surface area contributed by atoms with E-state index in [-0.39, 0.29) is 23.8 Å². The molecule has 1 fully saturated rings. The van der Waals surface area contributed by atoms with Crippen LogP contribution in [-0.4, -0.2) is 47.0 Å². The second-order valence-electron chi connectivity index (χ2n) is 12.1. The Bertz CT molecular complexity index is 932. The lowest BCUT2D eigenvalue weighted by Crippen LogP contribution is -2.55. The summed E-state index contributed by atoms with van der Waals surface area (Å²) in [6.07, 6.45) is 7.41. The average Bonchev–Trinajstić information content (AvgIpc) is 2.83. The van der Waals surface area contributed by atoms with Gasteiger partial charge in [0, 0.05) is 12.6 Å². The number of aryl methyl sites for hydroxylation is 1. The Balaban J connectivity index is 2.50. The van der Waals surface area contributed by atoms with Crippen molar-refractivity contribution in [2.45, 2.75) is 130 Å². The zero-order chi connectivity index (χ0) is 28.5. The smallest absolute Gasteiger partial charge is 0.408 e. The van der Waals surface area contributed by atoms with Crippen molar-refractivity contribution < 1.29 is 19.1 Å². The van der Waals surface area contributed by atoms with Crippen molar-refractivity contribution in [3.8, 4) is 0 Å². The quantitative estimate of drug-likeness (QED) is 0.327. The lowest BCUT2D eigenvalue weighted by atomic mass is 9.92. The van der Waals surface area contributed by atoms with E-state index in [4.69, 9.17) is 4.74 Å². The molecule has 1 aromatic carbocycles. The Morgan fingerprint density at radius 1 is 1.05 bits per heavy atom. The number of hydrogen-bond acceptors (Lipinski definition) is 4. The first-order valence-corrected chi connectivity index (χ1v) is 14.5. The third-order valence-electron chi connectivity index (χ3n) is 7.34. The minimum atomic E-state index is -0.818. The molecular weight excluding hydrogens is 478 g/mol. The first-order valence-electron chi connectivity index (χ1n) is 14.5. The molecule has 7 nitrogen and oxygen atoms in total. The molecule has 2 atom stereocenters. The van der Waals surface area contributed by atoms with Gasteiger partial charge in [0.15, 0.2) is 0 Å². The Morgan fingerprint density at radius 2 is 1.71 bits per heavy atom. The summed E-state index contributed by atoms with van der Waals surface area (Å²) in [6.45, 7) is 15.8. The van der Waals surface area contributed by atoms with E-state index in [2.05, 4.69) is 17.6 Å². The standard InChI is InChI=1S/C31H51N3O4/c1-9-10-14-20-34(29(36)26(21(2)3)33-30(37)38-31(6,7)8)27(25-19-15-16-22(4)23(25)5)28(35)32-24-17-12-11-13-18-24/h15-16,19,21,24,26-27H,9-14,17-18,20H2,1-8H3,(H,32,35)(H,33,37). The number of unbranched alkanes of at least 4 members (excludes halogenated alkanes) is 2. The molecule has 0 radical (unpaired) electrons. The van der Waals surface area contributed by atoms with Crippen LogP contribution in [0.15, 0.2) is 18.2 Å². The van der Waals surface area contributed by atoms with Crippen LogP contribution < -0.4 is 10.6 Å². The molecule has 7 heteroatoms. The topological polar surface area (TPSA) is 87.7 Å². The van der Waals surface area contributed by atoms with Crippen LogP contribution in [0.3, 0.4) is 0 Å². The highest BCUT2D eigenvalue weighted by Gasteiger charge is 2.38. The predicted molar refractivity (Wildman–Crippen MR) is 153 cm³/mol. The van der Waals surface area contributed by atoms with Gasteiger partial charge < -0.3 is 20.3 Å². The number of nitrogens with one attached hydrogen (secondary N) is 2. The first kappa shape index (κ1) is 31.6. The molecule has 38 heavy (non-hydrogen) atoms. The van der Waals surface area contributed by atoms with Crippen molar-refractivity contribution in [2.75, 3.05) is 6.54 Å². The molecule has 0 spiro atoms. The van der Waals surface area contributed by atoms with Crippen molar-refractivity contribution in [1.82, 2.24) is 15.5 Å². The Hall–Kier alpha value is -2.57. The van der Waals surface area contributed by atoms with E-state index in [9.17, 15) is 14.4 Å². The number of amides is 3. The highest BCUT2D eigenvalue weighted by atomic mass is 16.6. The van der Waals surface area contributed by atoms with E-state index in [1.165, 1.54) is 6.42 Å². The summed E-state index contributed by atoms with van der Waals surface area (Å²) < 4.78 is 5.47. The fourth-order valence-electron chi connectivity index (χ4n) is 5.07. The summed E-state index contributed by atoms with van der Waals surface area (Å²) in [5.74, 6) is -0.591. The van der Waals surface area contributed by atoms with Crippen LogP contribution in [-0.2, 0) is 14.3 Å². The predicted octanol–water partition coefficient (Wildman–Crippen LogP) is 6.36. The van der Waals surface area contributed by atoms with Crippen molar-refractivity contribution in [3.63, 3.8) is 0 Å². The van der Waals surface area contributed by atoms with Gasteiger partial charge >= 0.3 is 6.09 Å². The van der Waals surface area contributed by atoms with Crippen LogP contribution >= 0.6 is 0 Å². The highest BCUT2D eigenvalue weighted by molar-refractivity contribution is 5.92. The number of ether oxygens (including phenoxy) is 1. The van der Waals surface area contributed by atoms with E-state index < -0.39 is 23.8 Å². The van der Waals surface area contributed by atoms with Crippen LogP contribution in [0.1, 0.15) is 116 Å². The van der Waals surface area contributed by atoms with Crippen LogP contribution in [0.4, 0.5) is 4.79 Å². The second kappa shape index (κ2) is 14.5. The minimum absolute atomic E-state index is 0.122. The zero-order valence-corrected chi connectivity index (χ0v) is 25.0. The minimum Gasteiger partial charge on any atom is -0.444 e. The molecule has 2 rings (SSSR count). The van der Waals surface area contributed by atoms with Crippen molar-refractivity contribution >= 4 is 17.9 Å². The van der Waals surface area contributed by atoms with E-state index in [1.54, 1.807) is 25.7 Å². The van der Waals surface area contributed by atoms with E-state index in [0.717, 1.165) is 61.6 Å². The van der Waals surface area contributed by atoms with Crippen molar-refractivity contribution in [3.05, 3.63) is 34.9 Å². The molecule has 1 aromatic rings. The number of hydrogen-bond donors (Lipinski definition) is 2. The molecule has 0 bridgehead atoms. The summed E-state index contributed by atoms with van der Waals surface area (Å²) in [6, 6.07) is 4.46. The van der Waals surface area contributed by atoms with Gasteiger partial charge in [-0.2, -0.15) is 0 Å². The Kier molecular flexibility index (Phi) is 12.1. The third kappa shape index (κ3) is 9.32. The second-order valence-corrected chi connectivity index (χ2v) is 12.1. The van der Waals surface area contributed by atoms with Gasteiger partial charge in [0.2, 0.25) is 11.8 Å². The fraction of sp³-hybridized carbons (Fsp3) is 0.710. The first-order chi connectivity index (χ1) is 17.9. The van der Waals surface area contributed by atoms with Gasteiger partial charge in [-0.3, -0.25) is 9.59 Å². The van der Waals surface area contributed by atoms with Crippen LogP contribution in [0.5, 0.6) is 0 Å². The number of carbonyl (C=O) groups is 3. The zero-order valence-electron chi connectivity index (χ0n) is 25.0. The molecule has 0 heterocycles. The highest BCUT2D eigenvalue weighted by Crippen LogP contribution is 2.29. The third-order valence-corrected chi connectivity index (χ3v) is 7.34. The molecule has 3 amide bonds. The number of carbonyl (C=O) groups excluding carboxylic acids is 3. The number of rotatable bonds is 11. The molecule has 1 saturated carbocycles. The average molecular weight is 530 g/mol. The van der Waals surface area contributed by atoms with Gasteiger partial charge in [0.1, 0.15) is 17.7 Å².